The molecule has 0 bridgehead atoms. The largest absolute Gasteiger partial charge is 0.309 e. The van der Waals surface area contributed by atoms with Gasteiger partial charge in [0, 0.05) is 29.1 Å². The molecule has 0 saturated heterocycles. The van der Waals surface area contributed by atoms with Gasteiger partial charge in [-0.3, -0.25) is 0 Å². The number of thioether (sulfide) groups is 1. The number of hydrogen-bond acceptors (Lipinski definition) is 4. The van der Waals surface area contributed by atoms with E-state index in [1.165, 1.54) is 27.8 Å². The summed E-state index contributed by atoms with van der Waals surface area (Å²) < 4.78 is 0. The molecule has 1 aromatic heterocycles. The second-order valence-electron chi connectivity index (χ2n) is 5.65. The highest BCUT2D eigenvalue weighted by Gasteiger charge is 2.17. The van der Waals surface area contributed by atoms with Gasteiger partial charge in [0.1, 0.15) is 0 Å². The van der Waals surface area contributed by atoms with Gasteiger partial charge in [-0.15, -0.1) is 11.3 Å². The molecular weight excluding hydrogens is 260 g/mol. The molecule has 18 heavy (non-hydrogen) atoms. The Labute approximate surface area is 120 Å². The van der Waals surface area contributed by atoms with Crippen LogP contribution in [0.1, 0.15) is 50.9 Å². The van der Waals surface area contributed by atoms with Crippen LogP contribution in [0, 0.1) is 0 Å². The molecule has 0 aliphatic rings. The molecule has 2 nitrogen and oxygen atoms in total. The molecule has 1 heterocycles. The van der Waals surface area contributed by atoms with Gasteiger partial charge in [-0.05, 0) is 24.9 Å². The van der Waals surface area contributed by atoms with Crippen LogP contribution in [0.25, 0.3) is 0 Å². The van der Waals surface area contributed by atoms with Crippen LogP contribution in [0.3, 0.4) is 0 Å². The predicted molar refractivity (Wildman–Crippen MR) is 84.7 cm³/mol. The zero-order valence-electron chi connectivity index (χ0n) is 12.2. The van der Waals surface area contributed by atoms with E-state index in [2.05, 4.69) is 44.9 Å². The zero-order valence-corrected chi connectivity index (χ0v) is 13.9. The normalized spacial score (nSPS) is 13.8. The molecule has 0 spiro atoms. The second kappa shape index (κ2) is 7.51. The van der Waals surface area contributed by atoms with E-state index < -0.39 is 0 Å². The standard InChI is InChI=1S/C14H26N2S2/c1-6-17-8-7-11(2)15-9-12-10-16-13(18-12)14(3,4)5/h10-11,15H,6-9H2,1-5H3. The van der Waals surface area contributed by atoms with Gasteiger partial charge in [0.15, 0.2) is 0 Å². The highest BCUT2D eigenvalue weighted by Crippen LogP contribution is 2.26. The Morgan fingerprint density at radius 3 is 2.72 bits per heavy atom. The van der Waals surface area contributed by atoms with Gasteiger partial charge < -0.3 is 5.32 Å². The van der Waals surface area contributed by atoms with Crippen LogP contribution in [0.15, 0.2) is 6.20 Å². The van der Waals surface area contributed by atoms with Crippen LogP contribution in [0.5, 0.6) is 0 Å². The Hall–Kier alpha value is -0.0600. The number of thiazole rings is 1. The fourth-order valence-electron chi connectivity index (χ4n) is 1.52. The Morgan fingerprint density at radius 2 is 2.17 bits per heavy atom. The lowest BCUT2D eigenvalue weighted by Gasteiger charge is -2.14. The van der Waals surface area contributed by atoms with Crippen LogP contribution in [-0.2, 0) is 12.0 Å². The first-order chi connectivity index (χ1) is 8.43. The third kappa shape index (κ3) is 5.72. The lowest BCUT2D eigenvalue weighted by Crippen LogP contribution is -2.25. The summed E-state index contributed by atoms with van der Waals surface area (Å²) in [7, 11) is 0. The molecule has 0 fully saturated rings. The van der Waals surface area contributed by atoms with Gasteiger partial charge in [0.25, 0.3) is 0 Å². The average Bonchev–Trinajstić information content (AvgIpc) is 2.75. The van der Waals surface area contributed by atoms with Gasteiger partial charge >= 0.3 is 0 Å². The molecule has 0 amide bonds. The minimum absolute atomic E-state index is 0.173. The van der Waals surface area contributed by atoms with Crippen molar-refractivity contribution in [2.24, 2.45) is 0 Å². The maximum absolute atomic E-state index is 4.52. The maximum Gasteiger partial charge on any atom is 0.0981 e. The molecule has 0 aliphatic carbocycles. The first-order valence-corrected chi connectivity index (χ1v) is 8.67. The quantitative estimate of drug-likeness (QED) is 0.765. The fourth-order valence-corrected chi connectivity index (χ4v) is 3.25. The van der Waals surface area contributed by atoms with Gasteiger partial charge in [-0.2, -0.15) is 11.8 Å². The molecule has 0 radical (unpaired) electrons. The summed E-state index contributed by atoms with van der Waals surface area (Å²) in [6, 6.07) is 0.587. The molecule has 1 aromatic rings. The van der Waals surface area contributed by atoms with Crippen molar-refractivity contribution in [3.8, 4) is 0 Å². The van der Waals surface area contributed by atoms with E-state index in [4.69, 9.17) is 0 Å². The number of nitrogens with one attached hydrogen (secondary N) is 1. The smallest absolute Gasteiger partial charge is 0.0981 e. The minimum atomic E-state index is 0.173. The van der Waals surface area contributed by atoms with E-state index in [0.29, 0.717) is 6.04 Å². The van der Waals surface area contributed by atoms with Gasteiger partial charge in [0.05, 0.1) is 5.01 Å². The average molecular weight is 287 g/mol. The van der Waals surface area contributed by atoms with E-state index >= 15 is 0 Å². The molecule has 1 atom stereocenters. The molecule has 0 saturated carbocycles. The number of hydrogen-bond donors (Lipinski definition) is 1. The van der Waals surface area contributed by atoms with Crippen molar-refractivity contribution in [2.45, 2.75) is 59.0 Å². The molecule has 1 rings (SSSR count). The molecule has 1 unspecified atom stereocenters. The van der Waals surface area contributed by atoms with Crippen molar-refractivity contribution in [3.63, 3.8) is 0 Å². The van der Waals surface area contributed by atoms with Crippen molar-refractivity contribution >= 4 is 23.1 Å². The van der Waals surface area contributed by atoms with Crippen molar-refractivity contribution in [1.82, 2.24) is 10.3 Å². The minimum Gasteiger partial charge on any atom is -0.309 e. The summed E-state index contributed by atoms with van der Waals surface area (Å²) in [5, 5.41) is 4.81. The summed E-state index contributed by atoms with van der Waals surface area (Å²) in [6.45, 7) is 12.1. The molecular formula is C14H26N2S2. The van der Waals surface area contributed by atoms with Crippen LogP contribution in [0.4, 0.5) is 0 Å². The first kappa shape index (κ1) is 16.0. The molecule has 1 N–H and O–H groups in total. The summed E-state index contributed by atoms with van der Waals surface area (Å²) >= 11 is 3.85. The highest BCUT2D eigenvalue weighted by molar-refractivity contribution is 7.99. The van der Waals surface area contributed by atoms with E-state index in [9.17, 15) is 0 Å². The summed E-state index contributed by atoms with van der Waals surface area (Å²) in [6.07, 6.45) is 3.26. The van der Waals surface area contributed by atoms with Gasteiger partial charge in [-0.1, -0.05) is 27.7 Å². The Morgan fingerprint density at radius 1 is 1.44 bits per heavy atom. The lowest BCUT2D eigenvalue weighted by molar-refractivity contribution is 0.540. The van der Waals surface area contributed by atoms with Crippen molar-refractivity contribution in [3.05, 3.63) is 16.1 Å². The second-order valence-corrected chi connectivity index (χ2v) is 8.16. The predicted octanol–water partition coefficient (Wildman–Crippen LogP) is 4.06. The van der Waals surface area contributed by atoms with Crippen molar-refractivity contribution in [2.75, 3.05) is 11.5 Å². The van der Waals surface area contributed by atoms with Gasteiger partial charge in [0.2, 0.25) is 0 Å². The Kier molecular flexibility index (Phi) is 6.67. The van der Waals surface area contributed by atoms with Crippen LogP contribution < -0.4 is 5.32 Å². The zero-order chi connectivity index (χ0) is 13.6. The summed E-state index contributed by atoms with van der Waals surface area (Å²) in [4.78, 5) is 5.86. The summed E-state index contributed by atoms with van der Waals surface area (Å²) in [5.41, 5.74) is 0.173. The van der Waals surface area contributed by atoms with E-state index in [1.807, 2.05) is 29.3 Å². The number of aromatic nitrogens is 1. The van der Waals surface area contributed by atoms with Crippen LogP contribution in [-0.4, -0.2) is 22.5 Å². The van der Waals surface area contributed by atoms with Gasteiger partial charge in [-0.25, -0.2) is 4.98 Å². The van der Waals surface area contributed by atoms with Crippen molar-refractivity contribution in [1.29, 1.82) is 0 Å². The van der Waals surface area contributed by atoms with E-state index in [0.717, 1.165) is 6.54 Å². The Balaban J connectivity index is 2.33. The Bertz CT molecular complexity index is 342. The van der Waals surface area contributed by atoms with E-state index in [-0.39, 0.29) is 5.41 Å². The molecule has 4 heteroatoms. The molecule has 0 aliphatic heterocycles. The van der Waals surface area contributed by atoms with Crippen molar-refractivity contribution < 1.29 is 0 Å². The van der Waals surface area contributed by atoms with E-state index in [1.54, 1.807) is 0 Å². The highest BCUT2D eigenvalue weighted by atomic mass is 32.2. The third-order valence-corrected chi connectivity index (χ3v) is 5.07. The van der Waals surface area contributed by atoms with Crippen LogP contribution in [0.2, 0.25) is 0 Å². The molecule has 0 aromatic carbocycles. The first-order valence-electron chi connectivity index (χ1n) is 6.69. The maximum atomic E-state index is 4.52. The monoisotopic (exact) mass is 286 g/mol. The lowest BCUT2D eigenvalue weighted by atomic mass is 9.98. The topological polar surface area (TPSA) is 24.9 Å². The number of nitrogens with zero attached hydrogens (tertiary/aromatic N) is 1. The third-order valence-electron chi connectivity index (χ3n) is 2.72. The SMILES string of the molecule is CCSCCC(C)NCc1cnc(C(C)(C)C)s1. The number of rotatable bonds is 7. The molecule has 104 valence electrons. The summed E-state index contributed by atoms with van der Waals surface area (Å²) in [5.74, 6) is 2.47. The van der Waals surface area contributed by atoms with Crippen LogP contribution >= 0.6 is 23.1 Å². The fraction of sp³-hybridized carbons (Fsp3) is 0.786.